The molecule has 4 nitrogen and oxygen atoms in total. The minimum absolute atomic E-state index is 0.167. The molecule has 3 heterocycles. The zero-order valence-electron chi connectivity index (χ0n) is 20.1. The average molecular weight is 463 g/mol. The molecule has 1 saturated heterocycles. The molecule has 2 aliphatic rings. The summed E-state index contributed by atoms with van der Waals surface area (Å²) in [6.45, 7) is 4.95. The summed E-state index contributed by atoms with van der Waals surface area (Å²) in [6, 6.07) is 11.1. The normalized spacial score (nSPS) is 20.4. The van der Waals surface area contributed by atoms with Gasteiger partial charge in [0.05, 0.1) is 22.8 Å². The van der Waals surface area contributed by atoms with Gasteiger partial charge in [-0.05, 0) is 94.4 Å². The van der Waals surface area contributed by atoms with Crippen LogP contribution in [0.25, 0.3) is 11.0 Å². The molecule has 180 valence electrons. The number of pyridine rings is 1. The van der Waals surface area contributed by atoms with Crippen LogP contribution in [0.4, 0.5) is 4.39 Å². The lowest BCUT2D eigenvalue weighted by molar-refractivity contribution is -0.129. The van der Waals surface area contributed by atoms with Crippen LogP contribution in [0, 0.1) is 11.7 Å². The number of benzene rings is 1. The van der Waals surface area contributed by atoms with Crippen LogP contribution in [0.3, 0.4) is 0 Å². The Bertz CT molecular complexity index is 1110. The van der Waals surface area contributed by atoms with Gasteiger partial charge in [0.25, 0.3) is 0 Å². The van der Waals surface area contributed by atoms with Crippen molar-refractivity contribution in [3.8, 4) is 0 Å². The van der Waals surface area contributed by atoms with E-state index in [-0.39, 0.29) is 11.7 Å². The Morgan fingerprint density at radius 1 is 1.09 bits per heavy atom. The highest BCUT2D eigenvalue weighted by molar-refractivity contribution is 5.91. The molecule has 34 heavy (non-hydrogen) atoms. The molecule has 2 fully saturated rings. The number of carbonyl (C=O) groups is 1. The third-order valence-corrected chi connectivity index (χ3v) is 8.30. The Labute approximate surface area is 201 Å². The van der Waals surface area contributed by atoms with Gasteiger partial charge in [-0.3, -0.25) is 9.78 Å². The zero-order chi connectivity index (χ0) is 23.5. The van der Waals surface area contributed by atoms with Crippen LogP contribution in [0.1, 0.15) is 75.5 Å². The van der Waals surface area contributed by atoms with Gasteiger partial charge < -0.3 is 9.32 Å². The Balaban J connectivity index is 1.26. The first-order valence-corrected chi connectivity index (χ1v) is 12.9. The maximum absolute atomic E-state index is 14.1. The van der Waals surface area contributed by atoms with Crippen molar-refractivity contribution in [3.63, 3.8) is 0 Å². The molecule has 1 atom stereocenters. The smallest absolute Gasteiger partial charge is 0.147 e. The quantitative estimate of drug-likeness (QED) is 0.395. The molecule has 0 N–H and O–H groups in total. The molecule has 1 aliphatic heterocycles. The Hall–Kier alpha value is -2.53. The van der Waals surface area contributed by atoms with E-state index in [0.29, 0.717) is 22.7 Å². The summed E-state index contributed by atoms with van der Waals surface area (Å²) in [5.41, 5.74) is 2.18. The minimum Gasteiger partial charge on any atom is -0.464 e. The van der Waals surface area contributed by atoms with Crippen molar-refractivity contribution < 1.29 is 13.6 Å². The highest BCUT2D eigenvalue weighted by Gasteiger charge is 2.40. The van der Waals surface area contributed by atoms with E-state index in [1.165, 1.54) is 6.42 Å². The Kier molecular flexibility index (Phi) is 6.82. The molecule has 0 bridgehead atoms. The van der Waals surface area contributed by atoms with E-state index in [1.807, 2.05) is 30.5 Å². The Morgan fingerprint density at radius 2 is 1.88 bits per heavy atom. The average Bonchev–Trinajstić information content (AvgIpc) is 3.40. The fourth-order valence-electron chi connectivity index (χ4n) is 6.10. The first kappa shape index (κ1) is 23.2. The number of furan rings is 1. The number of aromatic nitrogens is 1. The second-order valence-corrected chi connectivity index (χ2v) is 10.4. The molecular formula is C29H35FN2O2. The predicted molar refractivity (Wildman–Crippen MR) is 132 cm³/mol. The van der Waals surface area contributed by atoms with E-state index in [0.717, 1.165) is 75.8 Å². The van der Waals surface area contributed by atoms with Gasteiger partial charge in [-0.1, -0.05) is 31.4 Å². The summed E-state index contributed by atoms with van der Waals surface area (Å²) < 4.78 is 19.7. The van der Waals surface area contributed by atoms with E-state index in [2.05, 4.69) is 16.8 Å². The summed E-state index contributed by atoms with van der Waals surface area (Å²) in [5, 5.41) is 0.576. The molecule has 5 heteroatoms. The summed E-state index contributed by atoms with van der Waals surface area (Å²) in [5.74, 6) is 0.700. The number of nitrogens with zero attached hydrogens (tertiary/aromatic N) is 2. The van der Waals surface area contributed by atoms with Crippen LogP contribution in [0.5, 0.6) is 0 Å². The summed E-state index contributed by atoms with van der Waals surface area (Å²) in [6.07, 6.45) is 11.8. The van der Waals surface area contributed by atoms with E-state index in [4.69, 9.17) is 4.42 Å². The Morgan fingerprint density at radius 3 is 2.62 bits per heavy atom. The molecule has 1 aromatic carbocycles. The molecule has 3 aromatic rings. The molecule has 0 amide bonds. The van der Waals surface area contributed by atoms with Crippen molar-refractivity contribution in [2.24, 2.45) is 5.92 Å². The van der Waals surface area contributed by atoms with Crippen molar-refractivity contribution >= 4 is 16.8 Å². The summed E-state index contributed by atoms with van der Waals surface area (Å²) in [4.78, 5) is 20.9. The molecular weight excluding hydrogens is 427 g/mol. The first-order chi connectivity index (χ1) is 16.6. The summed E-state index contributed by atoms with van der Waals surface area (Å²) >= 11 is 0. The van der Waals surface area contributed by atoms with Crippen LogP contribution in [-0.2, 0) is 10.2 Å². The lowest BCUT2D eigenvalue weighted by Crippen LogP contribution is -2.43. The van der Waals surface area contributed by atoms with Crippen LogP contribution < -0.4 is 0 Å². The lowest BCUT2D eigenvalue weighted by Gasteiger charge is -2.37. The van der Waals surface area contributed by atoms with Gasteiger partial charge in [-0.2, -0.15) is 0 Å². The number of fused-ring (bicyclic) bond motifs is 1. The van der Waals surface area contributed by atoms with Gasteiger partial charge in [0.1, 0.15) is 17.2 Å². The third kappa shape index (κ3) is 4.55. The number of carbonyl (C=O) groups excluding carboxylic acids is 1. The fraction of sp³-hybridized carbons (Fsp3) is 0.517. The molecule has 2 aromatic heterocycles. The van der Waals surface area contributed by atoms with Crippen LogP contribution in [0.2, 0.25) is 0 Å². The van der Waals surface area contributed by atoms with E-state index in [1.54, 1.807) is 18.4 Å². The van der Waals surface area contributed by atoms with Crippen molar-refractivity contribution in [2.75, 3.05) is 19.6 Å². The second kappa shape index (κ2) is 9.99. The first-order valence-electron chi connectivity index (χ1n) is 12.9. The topological polar surface area (TPSA) is 46.3 Å². The number of likely N-dealkylation sites (tertiary alicyclic amines) is 1. The van der Waals surface area contributed by atoms with E-state index in [9.17, 15) is 9.18 Å². The SMILES string of the molecule is CC(CCN1CCC(c2ccc(F)c3ccoc23)CC1)(C(=O)C1CCCCC1)c1ccccn1. The van der Waals surface area contributed by atoms with Crippen molar-refractivity contribution in [3.05, 3.63) is 65.9 Å². The zero-order valence-corrected chi connectivity index (χ0v) is 20.1. The number of hydrogen-bond donors (Lipinski definition) is 0. The van der Waals surface area contributed by atoms with Gasteiger partial charge in [-0.25, -0.2) is 4.39 Å². The monoisotopic (exact) mass is 462 g/mol. The molecule has 0 radical (unpaired) electrons. The van der Waals surface area contributed by atoms with Gasteiger partial charge in [0.2, 0.25) is 0 Å². The van der Waals surface area contributed by atoms with E-state index >= 15 is 0 Å². The maximum Gasteiger partial charge on any atom is 0.147 e. The van der Waals surface area contributed by atoms with Gasteiger partial charge in [0.15, 0.2) is 0 Å². The fourth-order valence-corrected chi connectivity index (χ4v) is 6.10. The lowest BCUT2D eigenvalue weighted by atomic mass is 9.70. The van der Waals surface area contributed by atoms with Gasteiger partial charge in [-0.15, -0.1) is 0 Å². The molecule has 5 rings (SSSR count). The predicted octanol–water partition coefficient (Wildman–Crippen LogP) is 6.64. The minimum atomic E-state index is -0.544. The number of piperidine rings is 1. The van der Waals surface area contributed by atoms with Crippen LogP contribution >= 0.6 is 0 Å². The van der Waals surface area contributed by atoms with Crippen LogP contribution in [-0.4, -0.2) is 35.3 Å². The molecule has 0 spiro atoms. The van der Waals surface area contributed by atoms with E-state index < -0.39 is 5.41 Å². The highest BCUT2D eigenvalue weighted by atomic mass is 19.1. The molecule has 1 saturated carbocycles. The number of hydrogen-bond acceptors (Lipinski definition) is 4. The molecule has 1 aliphatic carbocycles. The van der Waals surface area contributed by atoms with Crippen molar-refractivity contribution in [2.45, 2.75) is 69.6 Å². The summed E-state index contributed by atoms with van der Waals surface area (Å²) in [7, 11) is 0. The largest absolute Gasteiger partial charge is 0.464 e. The number of Topliss-reactive ketones (excluding diaryl/α,β-unsaturated/α-hetero) is 1. The number of halogens is 1. The van der Waals surface area contributed by atoms with Gasteiger partial charge in [0, 0.05) is 12.1 Å². The van der Waals surface area contributed by atoms with Crippen molar-refractivity contribution in [1.82, 2.24) is 9.88 Å². The highest BCUT2D eigenvalue weighted by Crippen LogP contribution is 2.38. The third-order valence-electron chi connectivity index (χ3n) is 8.30. The number of rotatable bonds is 7. The van der Waals surface area contributed by atoms with Crippen LogP contribution in [0.15, 0.2) is 53.3 Å². The molecule has 1 unspecified atom stereocenters. The second-order valence-electron chi connectivity index (χ2n) is 10.4. The maximum atomic E-state index is 14.1. The standard InChI is InChI=1S/C29H35FN2O2/c1-29(26-9-5-6-16-31-26,28(33)22-7-3-2-4-8-22)15-19-32-17-12-21(13-18-32)23-10-11-25(30)24-14-20-34-27(23)24/h5-6,9-11,14,16,20-22H,2-4,7-8,12-13,15,17-19H2,1H3. The van der Waals surface area contributed by atoms with Crippen molar-refractivity contribution in [1.29, 1.82) is 0 Å². The van der Waals surface area contributed by atoms with Gasteiger partial charge >= 0.3 is 0 Å². The number of ketones is 1.